The highest BCUT2D eigenvalue weighted by Crippen LogP contribution is 2.19. The lowest BCUT2D eigenvalue weighted by Gasteiger charge is -2.13. The van der Waals surface area contributed by atoms with Gasteiger partial charge in [-0.3, -0.25) is 14.4 Å². The topological polar surface area (TPSA) is 81.1 Å². The number of ketones is 1. The van der Waals surface area contributed by atoms with Crippen LogP contribution >= 0.6 is 11.8 Å². The first kappa shape index (κ1) is 21.5. The van der Waals surface area contributed by atoms with Gasteiger partial charge >= 0.3 is 0 Å². The van der Waals surface area contributed by atoms with Gasteiger partial charge in [-0.05, 0) is 43.5 Å². The predicted molar refractivity (Wildman–Crippen MR) is 127 cm³/mol. The van der Waals surface area contributed by atoms with Crippen LogP contribution in [0.1, 0.15) is 21.6 Å². The molecule has 0 spiro atoms. The van der Waals surface area contributed by atoms with E-state index in [1.165, 1.54) is 6.20 Å². The van der Waals surface area contributed by atoms with Crippen molar-refractivity contribution in [2.45, 2.75) is 18.4 Å². The number of pyridine rings is 2. The molecule has 2 aromatic carbocycles. The number of nitrogens with zero attached hydrogens (tertiary/aromatic N) is 2. The molecule has 160 valence electrons. The van der Waals surface area contributed by atoms with E-state index in [1.54, 1.807) is 58.8 Å². The Bertz CT molecular complexity index is 1380. The van der Waals surface area contributed by atoms with E-state index < -0.39 is 5.43 Å². The van der Waals surface area contributed by atoms with Crippen molar-refractivity contribution in [1.29, 1.82) is 0 Å². The van der Waals surface area contributed by atoms with Gasteiger partial charge in [-0.1, -0.05) is 36.4 Å². The molecule has 6 nitrogen and oxygen atoms in total. The Hall–Kier alpha value is -3.71. The quantitative estimate of drug-likeness (QED) is 0.355. The maximum atomic E-state index is 13.1. The largest absolute Gasteiger partial charge is 0.324 e. The Balaban J connectivity index is 1.74. The predicted octanol–water partition coefficient (Wildman–Crippen LogP) is 4.30. The smallest absolute Gasteiger partial charge is 0.244 e. The number of benzene rings is 2. The van der Waals surface area contributed by atoms with Crippen molar-refractivity contribution in [2.24, 2.45) is 0 Å². The van der Waals surface area contributed by atoms with Gasteiger partial charge in [0.05, 0.1) is 10.9 Å². The second-order valence-electron chi connectivity index (χ2n) is 7.30. The van der Waals surface area contributed by atoms with Crippen molar-refractivity contribution in [1.82, 2.24) is 9.55 Å². The molecule has 0 aliphatic heterocycles. The normalized spacial score (nSPS) is 10.8. The molecule has 1 N–H and O–H groups in total. The number of hydrogen-bond donors (Lipinski definition) is 1. The fraction of sp³-hybridized carbons (Fsp3) is 0.120. The summed E-state index contributed by atoms with van der Waals surface area (Å²) in [6, 6.07) is 19.5. The fourth-order valence-electron chi connectivity index (χ4n) is 3.44. The molecular formula is C25H21N3O3S. The lowest BCUT2D eigenvalue weighted by atomic mass is 10.0. The zero-order valence-corrected chi connectivity index (χ0v) is 18.5. The average molecular weight is 444 g/mol. The summed E-state index contributed by atoms with van der Waals surface area (Å²) in [5.41, 5.74) is 1.77. The highest BCUT2D eigenvalue weighted by Gasteiger charge is 2.19. The van der Waals surface area contributed by atoms with Crippen LogP contribution in [0.2, 0.25) is 0 Å². The van der Waals surface area contributed by atoms with Gasteiger partial charge in [0.25, 0.3) is 0 Å². The number of carbonyl (C=O) groups excluding carboxylic acids is 2. The molecule has 1 amide bonds. The first-order valence-corrected chi connectivity index (χ1v) is 11.2. The minimum absolute atomic E-state index is 0.00605. The number of aryl methyl sites for hydroxylation is 1. The highest BCUT2D eigenvalue weighted by molar-refractivity contribution is 7.98. The maximum Gasteiger partial charge on any atom is 0.244 e. The molecule has 0 unspecified atom stereocenters. The number of fused-ring (bicyclic) bond motifs is 1. The number of amides is 1. The van der Waals surface area contributed by atoms with Gasteiger partial charge in [0.2, 0.25) is 11.3 Å². The van der Waals surface area contributed by atoms with E-state index in [4.69, 9.17) is 0 Å². The van der Waals surface area contributed by atoms with E-state index in [9.17, 15) is 14.4 Å². The number of nitrogens with one attached hydrogen (secondary N) is 1. The molecular weight excluding hydrogens is 422 g/mol. The van der Waals surface area contributed by atoms with Crippen LogP contribution in [0.25, 0.3) is 11.0 Å². The number of anilines is 1. The Morgan fingerprint density at radius 1 is 1.03 bits per heavy atom. The van der Waals surface area contributed by atoms with Crippen molar-refractivity contribution < 1.29 is 9.59 Å². The minimum atomic E-state index is -0.398. The molecule has 0 atom stereocenters. The van der Waals surface area contributed by atoms with Crippen molar-refractivity contribution in [3.05, 3.63) is 100.0 Å². The molecule has 32 heavy (non-hydrogen) atoms. The standard InChI is InChI=1S/C25H21N3O3S/c1-16-11-12-20-24(31)21(23(30)17-7-4-3-5-8-17)14-28(25(20)26-16)15-22(29)27-18-9-6-10-19(13-18)32-2/h3-14H,15H2,1-2H3,(H,27,29). The Kier molecular flexibility index (Phi) is 6.18. The molecule has 2 heterocycles. The van der Waals surface area contributed by atoms with Crippen molar-refractivity contribution >= 4 is 40.2 Å². The van der Waals surface area contributed by atoms with E-state index in [1.807, 2.05) is 37.4 Å². The molecule has 4 rings (SSSR count). The highest BCUT2D eigenvalue weighted by atomic mass is 32.2. The second kappa shape index (κ2) is 9.20. The number of thioether (sulfide) groups is 1. The van der Waals surface area contributed by atoms with E-state index in [0.717, 1.165) is 4.90 Å². The zero-order valence-electron chi connectivity index (χ0n) is 17.7. The first-order chi connectivity index (χ1) is 15.5. The summed E-state index contributed by atoms with van der Waals surface area (Å²) >= 11 is 1.58. The summed E-state index contributed by atoms with van der Waals surface area (Å²) in [5, 5.41) is 3.18. The summed E-state index contributed by atoms with van der Waals surface area (Å²) < 4.78 is 1.56. The summed E-state index contributed by atoms with van der Waals surface area (Å²) in [5.74, 6) is -0.672. The molecule has 0 saturated carbocycles. The van der Waals surface area contributed by atoms with Crippen molar-refractivity contribution in [3.63, 3.8) is 0 Å². The van der Waals surface area contributed by atoms with Crippen molar-refractivity contribution in [2.75, 3.05) is 11.6 Å². The van der Waals surface area contributed by atoms with Crippen molar-refractivity contribution in [3.8, 4) is 0 Å². The van der Waals surface area contributed by atoms with Gasteiger partial charge in [0.1, 0.15) is 12.2 Å². The molecule has 0 fully saturated rings. The van der Waals surface area contributed by atoms with Gasteiger partial charge in [-0.25, -0.2) is 4.98 Å². The first-order valence-electron chi connectivity index (χ1n) is 10.0. The molecule has 0 radical (unpaired) electrons. The van der Waals surface area contributed by atoms with Gasteiger partial charge < -0.3 is 9.88 Å². The van der Waals surface area contributed by atoms with Gasteiger partial charge in [0, 0.05) is 28.0 Å². The summed E-state index contributed by atoms with van der Waals surface area (Å²) in [6.07, 6.45) is 3.40. The van der Waals surface area contributed by atoms with E-state index in [0.29, 0.717) is 28.0 Å². The van der Waals surface area contributed by atoms with Crippen LogP contribution in [0.15, 0.2) is 82.6 Å². The van der Waals surface area contributed by atoms with Gasteiger partial charge in [0.15, 0.2) is 5.78 Å². The van der Waals surface area contributed by atoms with Crippen LogP contribution < -0.4 is 10.7 Å². The Morgan fingerprint density at radius 2 is 1.81 bits per heavy atom. The molecule has 0 aliphatic rings. The third-order valence-electron chi connectivity index (χ3n) is 5.01. The summed E-state index contributed by atoms with van der Waals surface area (Å²) in [6.45, 7) is 1.72. The summed E-state index contributed by atoms with van der Waals surface area (Å²) in [7, 11) is 0. The Morgan fingerprint density at radius 3 is 2.56 bits per heavy atom. The van der Waals surface area contributed by atoms with Gasteiger partial charge in [-0.2, -0.15) is 0 Å². The molecule has 0 aliphatic carbocycles. The SMILES string of the molecule is CSc1cccc(NC(=O)Cn2cc(C(=O)c3ccccc3)c(=O)c3ccc(C)nc32)c1. The zero-order chi connectivity index (χ0) is 22.7. The number of rotatable bonds is 6. The molecule has 7 heteroatoms. The number of aromatic nitrogens is 2. The van der Waals surface area contributed by atoms with Crippen LogP contribution in [0.3, 0.4) is 0 Å². The lowest BCUT2D eigenvalue weighted by Crippen LogP contribution is -2.25. The van der Waals surface area contributed by atoms with E-state index >= 15 is 0 Å². The monoisotopic (exact) mass is 443 g/mol. The molecule has 0 saturated heterocycles. The number of hydrogen-bond acceptors (Lipinski definition) is 5. The maximum absolute atomic E-state index is 13.1. The molecule has 0 bridgehead atoms. The Labute approximate surface area is 189 Å². The third kappa shape index (κ3) is 4.48. The van der Waals surface area contributed by atoms with Crippen LogP contribution in [0, 0.1) is 6.92 Å². The van der Waals surface area contributed by atoms with Crippen LogP contribution in [-0.2, 0) is 11.3 Å². The van der Waals surface area contributed by atoms with Crippen LogP contribution in [0.5, 0.6) is 0 Å². The van der Waals surface area contributed by atoms with Crippen LogP contribution in [0.4, 0.5) is 5.69 Å². The van der Waals surface area contributed by atoms with E-state index in [2.05, 4.69) is 10.3 Å². The summed E-state index contributed by atoms with van der Waals surface area (Å²) in [4.78, 5) is 44.4. The minimum Gasteiger partial charge on any atom is -0.324 e. The second-order valence-corrected chi connectivity index (χ2v) is 8.18. The van der Waals surface area contributed by atoms with E-state index in [-0.39, 0.29) is 23.8 Å². The third-order valence-corrected chi connectivity index (χ3v) is 5.73. The lowest BCUT2D eigenvalue weighted by molar-refractivity contribution is -0.116. The fourth-order valence-corrected chi connectivity index (χ4v) is 3.90. The number of carbonyl (C=O) groups is 2. The molecule has 2 aromatic heterocycles. The van der Waals surface area contributed by atoms with Gasteiger partial charge in [-0.15, -0.1) is 11.8 Å². The average Bonchev–Trinajstić information content (AvgIpc) is 2.81. The van der Waals surface area contributed by atoms with Crippen LogP contribution in [-0.4, -0.2) is 27.5 Å². The molecule has 4 aromatic rings.